The van der Waals surface area contributed by atoms with E-state index in [2.05, 4.69) is 15.2 Å². The van der Waals surface area contributed by atoms with Crippen LogP contribution in [0.25, 0.3) is 17.0 Å². The van der Waals surface area contributed by atoms with E-state index in [4.69, 9.17) is 0 Å². The highest BCUT2D eigenvalue weighted by Gasteiger charge is 2.18. The number of rotatable bonds is 5. The van der Waals surface area contributed by atoms with Gasteiger partial charge in [-0.2, -0.15) is 0 Å². The number of fused-ring (bicyclic) bond motifs is 2. The first-order valence-electron chi connectivity index (χ1n) is 11.8. The lowest BCUT2D eigenvalue weighted by molar-refractivity contribution is -0.116. The number of carbonyl (C=O) groups excluding carboxylic acids is 2. The third kappa shape index (κ3) is 4.85. The van der Waals surface area contributed by atoms with Crippen LogP contribution in [0.3, 0.4) is 0 Å². The molecule has 2 aromatic carbocycles. The van der Waals surface area contributed by atoms with E-state index in [1.807, 2.05) is 24.3 Å². The van der Waals surface area contributed by atoms with Crippen molar-refractivity contribution < 1.29 is 14.0 Å². The Balaban J connectivity index is 1.36. The zero-order valence-corrected chi connectivity index (χ0v) is 18.6. The Hall–Kier alpha value is -3.41. The molecule has 0 saturated heterocycles. The van der Waals surface area contributed by atoms with Crippen molar-refractivity contribution >= 4 is 40.2 Å². The summed E-state index contributed by atoms with van der Waals surface area (Å²) < 4.78 is 16.0. The van der Waals surface area contributed by atoms with Crippen molar-refractivity contribution in [2.45, 2.75) is 51.5 Å². The molecule has 170 valence electrons. The van der Waals surface area contributed by atoms with E-state index < -0.39 is 0 Å². The number of aryl methyl sites for hydroxylation is 1. The molecule has 1 aliphatic carbocycles. The lowest BCUT2D eigenvalue weighted by atomic mass is 9.89. The molecule has 2 aliphatic rings. The van der Waals surface area contributed by atoms with Gasteiger partial charge in [-0.3, -0.25) is 9.59 Å². The highest BCUT2D eigenvalue weighted by Crippen LogP contribution is 2.30. The summed E-state index contributed by atoms with van der Waals surface area (Å²) in [5.41, 5.74) is 4.35. The maximum absolute atomic E-state index is 13.8. The Kier molecular flexibility index (Phi) is 5.99. The summed E-state index contributed by atoms with van der Waals surface area (Å²) in [4.78, 5) is 24.3. The number of halogens is 1. The van der Waals surface area contributed by atoms with Crippen LogP contribution >= 0.6 is 0 Å². The summed E-state index contributed by atoms with van der Waals surface area (Å²) in [5, 5.41) is 6.57. The van der Waals surface area contributed by atoms with Crippen molar-refractivity contribution in [1.82, 2.24) is 4.57 Å². The van der Waals surface area contributed by atoms with Crippen LogP contribution < -0.4 is 10.6 Å². The van der Waals surface area contributed by atoms with Gasteiger partial charge in [-0.25, -0.2) is 4.39 Å². The summed E-state index contributed by atoms with van der Waals surface area (Å²) in [5.74, 6) is 0.0852. The second kappa shape index (κ2) is 9.22. The molecule has 33 heavy (non-hydrogen) atoms. The minimum atomic E-state index is -0.259. The fourth-order valence-electron chi connectivity index (χ4n) is 5.03. The Morgan fingerprint density at radius 1 is 1.09 bits per heavy atom. The van der Waals surface area contributed by atoms with E-state index in [9.17, 15) is 14.0 Å². The zero-order chi connectivity index (χ0) is 22.8. The lowest BCUT2D eigenvalue weighted by Crippen LogP contribution is -2.19. The molecule has 2 heterocycles. The van der Waals surface area contributed by atoms with E-state index in [0.29, 0.717) is 24.4 Å². The summed E-state index contributed by atoms with van der Waals surface area (Å²) in [6, 6.07) is 12.4. The van der Waals surface area contributed by atoms with Crippen molar-refractivity contribution in [1.29, 1.82) is 0 Å². The topological polar surface area (TPSA) is 63.1 Å². The molecular formula is C27H28FN3O2. The molecule has 0 spiro atoms. The first-order valence-corrected chi connectivity index (χ1v) is 11.8. The Morgan fingerprint density at radius 2 is 1.94 bits per heavy atom. The van der Waals surface area contributed by atoms with Crippen molar-refractivity contribution in [2.24, 2.45) is 5.92 Å². The van der Waals surface area contributed by atoms with Crippen molar-refractivity contribution in [3.8, 4) is 0 Å². The molecular weight excluding hydrogens is 417 g/mol. The van der Waals surface area contributed by atoms with E-state index in [1.54, 1.807) is 18.2 Å². The minimum Gasteiger partial charge on any atom is -0.341 e. The SMILES string of the molecule is O=C(/C=C/c1cc2cc(F)ccc2n1CC1CCCCC1)Nc1ccc2c(c1)NC(=O)CC2. The maximum atomic E-state index is 13.8. The third-order valence-corrected chi connectivity index (χ3v) is 6.74. The van der Waals surface area contributed by atoms with Gasteiger partial charge in [0.15, 0.2) is 0 Å². The van der Waals surface area contributed by atoms with Crippen molar-refractivity contribution in [3.05, 3.63) is 65.6 Å². The van der Waals surface area contributed by atoms with E-state index in [1.165, 1.54) is 44.2 Å². The summed E-state index contributed by atoms with van der Waals surface area (Å²) in [6.45, 7) is 0.876. The number of aromatic nitrogens is 1. The van der Waals surface area contributed by atoms with Crippen LogP contribution in [0, 0.1) is 11.7 Å². The molecule has 1 saturated carbocycles. The fourth-order valence-corrected chi connectivity index (χ4v) is 5.03. The van der Waals surface area contributed by atoms with E-state index in [0.717, 1.165) is 34.4 Å². The monoisotopic (exact) mass is 445 g/mol. The van der Waals surface area contributed by atoms with Gasteiger partial charge in [0.05, 0.1) is 0 Å². The molecule has 1 aromatic heterocycles. The Morgan fingerprint density at radius 3 is 2.79 bits per heavy atom. The predicted octanol–water partition coefficient (Wildman–Crippen LogP) is 5.90. The first-order chi connectivity index (χ1) is 16.0. The van der Waals surface area contributed by atoms with Crippen LogP contribution in [-0.4, -0.2) is 16.4 Å². The Labute approximate surface area is 192 Å². The highest BCUT2D eigenvalue weighted by atomic mass is 19.1. The number of benzene rings is 2. The fraction of sp³-hybridized carbons (Fsp3) is 0.333. The third-order valence-electron chi connectivity index (χ3n) is 6.74. The smallest absolute Gasteiger partial charge is 0.248 e. The molecule has 3 aromatic rings. The average molecular weight is 446 g/mol. The number of anilines is 2. The minimum absolute atomic E-state index is 0.00639. The summed E-state index contributed by atoms with van der Waals surface area (Å²) in [6.07, 6.45) is 10.7. The van der Waals surface area contributed by atoms with Gasteiger partial charge in [-0.05, 0) is 73.2 Å². The van der Waals surface area contributed by atoms with Crippen molar-refractivity contribution in [2.75, 3.05) is 10.6 Å². The average Bonchev–Trinajstić information content (AvgIpc) is 3.14. The molecule has 0 bridgehead atoms. The lowest BCUT2D eigenvalue weighted by Gasteiger charge is -2.23. The number of nitrogens with one attached hydrogen (secondary N) is 2. The van der Waals surface area contributed by atoms with Crippen LogP contribution in [0.4, 0.5) is 15.8 Å². The Bertz CT molecular complexity index is 1240. The van der Waals surface area contributed by atoms with Crippen molar-refractivity contribution in [3.63, 3.8) is 0 Å². The normalized spacial score (nSPS) is 16.7. The molecule has 1 fully saturated rings. The van der Waals surface area contributed by atoms with Crippen LogP contribution in [0.2, 0.25) is 0 Å². The van der Waals surface area contributed by atoms with Crippen LogP contribution in [0.15, 0.2) is 48.5 Å². The molecule has 1 aliphatic heterocycles. The highest BCUT2D eigenvalue weighted by molar-refractivity contribution is 6.03. The van der Waals surface area contributed by atoms with Gasteiger partial charge in [-0.15, -0.1) is 0 Å². The van der Waals surface area contributed by atoms with Gasteiger partial charge in [0.25, 0.3) is 0 Å². The van der Waals surface area contributed by atoms with E-state index >= 15 is 0 Å². The molecule has 2 N–H and O–H groups in total. The van der Waals surface area contributed by atoms with Gasteiger partial charge in [0.1, 0.15) is 5.82 Å². The van der Waals surface area contributed by atoms with Gasteiger partial charge in [0.2, 0.25) is 11.8 Å². The largest absolute Gasteiger partial charge is 0.341 e. The standard InChI is InChI=1S/C27H28FN3O2/c28-21-8-11-25-20(14-21)15-23(31(25)17-18-4-2-1-3-5-18)10-13-26(32)29-22-9-6-19-7-12-27(33)30-24(19)16-22/h6,8-11,13-16,18H,1-5,7,12,17H2,(H,29,32)(H,30,33)/b13-10+. The number of hydrogen-bond acceptors (Lipinski definition) is 2. The quantitative estimate of drug-likeness (QED) is 0.481. The molecule has 0 radical (unpaired) electrons. The van der Waals surface area contributed by atoms with Crippen LogP contribution in [0.5, 0.6) is 0 Å². The second-order valence-corrected chi connectivity index (χ2v) is 9.13. The molecule has 0 unspecified atom stereocenters. The van der Waals surface area contributed by atoms with Crippen LogP contribution in [0.1, 0.15) is 49.8 Å². The molecule has 6 heteroatoms. The molecule has 5 rings (SSSR count). The first kappa shape index (κ1) is 21.4. The number of carbonyl (C=O) groups is 2. The molecule has 2 amide bonds. The van der Waals surface area contributed by atoms with Crippen LogP contribution in [-0.2, 0) is 22.6 Å². The summed E-state index contributed by atoms with van der Waals surface area (Å²) in [7, 11) is 0. The number of nitrogens with zero attached hydrogens (tertiary/aromatic N) is 1. The van der Waals surface area contributed by atoms with Gasteiger partial charge in [-0.1, -0.05) is 25.3 Å². The van der Waals surface area contributed by atoms with Gasteiger partial charge in [0, 0.05) is 47.0 Å². The second-order valence-electron chi connectivity index (χ2n) is 9.13. The number of hydrogen-bond donors (Lipinski definition) is 2. The van der Waals surface area contributed by atoms with Gasteiger partial charge < -0.3 is 15.2 Å². The predicted molar refractivity (Wildman–Crippen MR) is 130 cm³/mol. The maximum Gasteiger partial charge on any atom is 0.248 e. The molecule has 5 nitrogen and oxygen atoms in total. The van der Waals surface area contributed by atoms with Gasteiger partial charge >= 0.3 is 0 Å². The van der Waals surface area contributed by atoms with E-state index in [-0.39, 0.29) is 17.6 Å². The zero-order valence-electron chi connectivity index (χ0n) is 18.6. The number of amides is 2. The summed E-state index contributed by atoms with van der Waals surface area (Å²) >= 11 is 0. The molecule has 0 atom stereocenters.